The van der Waals surface area contributed by atoms with Gasteiger partial charge in [0.1, 0.15) is 17.2 Å². The zero-order valence-corrected chi connectivity index (χ0v) is 14.7. The molecule has 0 bridgehead atoms. The minimum absolute atomic E-state index is 0.188. The van der Waals surface area contributed by atoms with Crippen molar-refractivity contribution in [3.63, 3.8) is 0 Å². The van der Waals surface area contributed by atoms with Crippen LogP contribution in [0.5, 0.6) is 23.0 Å². The van der Waals surface area contributed by atoms with E-state index in [1.807, 2.05) is 0 Å². The van der Waals surface area contributed by atoms with Gasteiger partial charge in [0.2, 0.25) is 0 Å². The number of amides is 1. The summed E-state index contributed by atoms with van der Waals surface area (Å²) in [6.07, 6.45) is -0.749. The first-order valence-electron chi connectivity index (χ1n) is 6.72. The predicted molar refractivity (Wildman–Crippen MR) is 92.2 cm³/mol. The molecule has 6 nitrogen and oxygen atoms in total. The minimum Gasteiger partial charge on any atom is -0.497 e. The fraction of sp³-hybridized carbons (Fsp3) is 0.188. The zero-order valence-electron chi connectivity index (χ0n) is 13.2. The molecule has 0 saturated heterocycles. The number of nitrogens with one attached hydrogen (secondary N) is 1. The number of benzene rings is 2. The van der Waals surface area contributed by atoms with Crippen LogP contribution in [0.15, 0.2) is 30.3 Å². The van der Waals surface area contributed by atoms with Gasteiger partial charge in [-0.15, -0.1) is 0 Å². The van der Waals surface area contributed by atoms with Gasteiger partial charge in [-0.1, -0.05) is 23.2 Å². The van der Waals surface area contributed by atoms with Crippen LogP contribution in [-0.2, 0) is 0 Å². The van der Waals surface area contributed by atoms with Crippen LogP contribution in [-0.4, -0.2) is 27.4 Å². The predicted octanol–water partition coefficient (Wildman–Crippen LogP) is 4.63. The molecule has 2 aromatic rings. The summed E-state index contributed by atoms with van der Waals surface area (Å²) in [5.41, 5.74) is 0.331. The molecular formula is C16H15Cl2NO5. The van der Waals surface area contributed by atoms with Gasteiger partial charge >= 0.3 is 6.09 Å². The number of hydrogen-bond acceptors (Lipinski definition) is 5. The summed E-state index contributed by atoms with van der Waals surface area (Å²) in [6, 6.07) is 7.74. The number of anilines is 1. The lowest BCUT2D eigenvalue weighted by molar-refractivity contribution is 0.215. The highest BCUT2D eigenvalue weighted by Crippen LogP contribution is 2.36. The molecule has 0 spiro atoms. The lowest BCUT2D eigenvalue weighted by atomic mass is 10.2. The number of methoxy groups -OCH3 is 3. The third kappa shape index (κ3) is 4.15. The molecule has 0 fully saturated rings. The summed E-state index contributed by atoms with van der Waals surface area (Å²) >= 11 is 12.1. The van der Waals surface area contributed by atoms with E-state index in [-0.39, 0.29) is 10.8 Å². The molecule has 2 rings (SSSR count). The largest absolute Gasteiger partial charge is 0.497 e. The van der Waals surface area contributed by atoms with Gasteiger partial charge < -0.3 is 18.9 Å². The van der Waals surface area contributed by atoms with Crippen LogP contribution >= 0.6 is 23.2 Å². The minimum atomic E-state index is -0.749. The van der Waals surface area contributed by atoms with E-state index >= 15 is 0 Å². The molecule has 0 aliphatic heterocycles. The van der Waals surface area contributed by atoms with E-state index in [9.17, 15) is 4.79 Å². The van der Waals surface area contributed by atoms with Crippen molar-refractivity contribution in [2.24, 2.45) is 0 Å². The fourth-order valence-corrected chi connectivity index (χ4v) is 2.33. The Hall–Kier alpha value is -2.31. The number of hydrogen-bond donors (Lipinski definition) is 1. The molecular weight excluding hydrogens is 357 g/mol. The molecule has 0 atom stereocenters. The maximum atomic E-state index is 12.1. The summed E-state index contributed by atoms with van der Waals surface area (Å²) in [5, 5.41) is 3.10. The zero-order chi connectivity index (χ0) is 17.7. The molecule has 1 amide bonds. The second kappa shape index (κ2) is 7.99. The number of rotatable bonds is 5. The third-order valence-corrected chi connectivity index (χ3v) is 3.64. The summed E-state index contributed by atoms with van der Waals surface area (Å²) in [7, 11) is 4.45. The van der Waals surface area contributed by atoms with Gasteiger partial charge in [-0.25, -0.2) is 4.79 Å². The average molecular weight is 372 g/mol. The van der Waals surface area contributed by atoms with Crippen LogP contribution in [0.25, 0.3) is 0 Å². The Morgan fingerprint density at radius 1 is 0.875 bits per heavy atom. The second-order valence-electron chi connectivity index (χ2n) is 4.50. The molecule has 0 aliphatic rings. The van der Waals surface area contributed by atoms with Gasteiger partial charge in [0.15, 0.2) is 5.75 Å². The Morgan fingerprint density at radius 2 is 1.54 bits per heavy atom. The average Bonchev–Trinajstić information content (AvgIpc) is 2.57. The van der Waals surface area contributed by atoms with Crippen molar-refractivity contribution in [1.82, 2.24) is 0 Å². The summed E-state index contributed by atoms with van der Waals surface area (Å²) in [4.78, 5) is 12.1. The van der Waals surface area contributed by atoms with Gasteiger partial charge in [-0.3, -0.25) is 5.32 Å². The number of carbonyl (C=O) groups excluding carboxylic acids is 1. The Labute approximate surface area is 149 Å². The molecule has 0 saturated carbocycles. The molecule has 2 aromatic carbocycles. The molecule has 0 aromatic heterocycles. The van der Waals surface area contributed by atoms with Crippen molar-refractivity contribution < 1.29 is 23.7 Å². The van der Waals surface area contributed by atoms with Crippen molar-refractivity contribution >= 4 is 35.0 Å². The highest BCUT2D eigenvalue weighted by atomic mass is 35.5. The van der Waals surface area contributed by atoms with E-state index < -0.39 is 6.09 Å². The molecule has 0 heterocycles. The van der Waals surface area contributed by atoms with E-state index in [1.54, 1.807) is 12.1 Å². The standard InChI is InChI=1S/C16H15Cl2NO5/c1-21-9-4-5-13(10(17)6-9)24-16(20)19-12-7-11(18)14(22-2)8-15(12)23-3/h4-8H,1-3H3,(H,19,20). The first-order chi connectivity index (χ1) is 11.5. The Balaban J connectivity index is 2.16. The van der Waals surface area contributed by atoms with E-state index in [1.165, 1.54) is 39.5 Å². The van der Waals surface area contributed by atoms with Crippen molar-refractivity contribution in [2.75, 3.05) is 26.6 Å². The summed E-state index contributed by atoms with van der Waals surface area (Å²) in [5.74, 6) is 1.53. The number of carbonyl (C=O) groups is 1. The lowest BCUT2D eigenvalue weighted by Gasteiger charge is -2.13. The summed E-state index contributed by atoms with van der Waals surface area (Å²) in [6.45, 7) is 0. The molecule has 1 N–H and O–H groups in total. The highest BCUT2D eigenvalue weighted by molar-refractivity contribution is 6.32. The maximum absolute atomic E-state index is 12.1. The fourth-order valence-electron chi connectivity index (χ4n) is 1.88. The van der Waals surface area contributed by atoms with Crippen molar-refractivity contribution in [3.8, 4) is 23.0 Å². The lowest BCUT2D eigenvalue weighted by Crippen LogP contribution is -2.17. The van der Waals surface area contributed by atoms with Crippen LogP contribution in [0.1, 0.15) is 0 Å². The Kier molecular flexibility index (Phi) is 6.00. The first kappa shape index (κ1) is 18.0. The van der Waals surface area contributed by atoms with Crippen LogP contribution in [0, 0.1) is 0 Å². The second-order valence-corrected chi connectivity index (χ2v) is 5.31. The van der Waals surface area contributed by atoms with Crippen LogP contribution < -0.4 is 24.3 Å². The highest BCUT2D eigenvalue weighted by Gasteiger charge is 2.15. The Bertz CT molecular complexity index is 751. The maximum Gasteiger partial charge on any atom is 0.417 e. The molecule has 8 heteroatoms. The molecule has 0 aliphatic carbocycles. The molecule has 24 heavy (non-hydrogen) atoms. The van der Waals surface area contributed by atoms with Gasteiger partial charge in [-0.2, -0.15) is 0 Å². The smallest absolute Gasteiger partial charge is 0.417 e. The number of ether oxygens (including phenoxy) is 4. The Morgan fingerprint density at radius 3 is 2.12 bits per heavy atom. The van der Waals surface area contributed by atoms with E-state index in [4.69, 9.17) is 42.1 Å². The van der Waals surface area contributed by atoms with Crippen molar-refractivity contribution in [2.45, 2.75) is 0 Å². The van der Waals surface area contributed by atoms with Gasteiger partial charge in [0.25, 0.3) is 0 Å². The van der Waals surface area contributed by atoms with Crippen LogP contribution in [0.4, 0.5) is 10.5 Å². The third-order valence-electron chi connectivity index (χ3n) is 3.05. The van der Waals surface area contributed by atoms with Crippen molar-refractivity contribution in [1.29, 1.82) is 0 Å². The molecule has 0 unspecified atom stereocenters. The van der Waals surface area contributed by atoms with Gasteiger partial charge in [-0.05, 0) is 18.2 Å². The first-order valence-corrected chi connectivity index (χ1v) is 7.48. The van der Waals surface area contributed by atoms with E-state index in [0.29, 0.717) is 28.0 Å². The quantitative estimate of drug-likeness (QED) is 0.829. The van der Waals surface area contributed by atoms with Gasteiger partial charge in [0, 0.05) is 12.1 Å². The van der Waals surface area contributed by atoms with Crippen LogP contribution in [0.2, 0.25) is 10.0 Å². The number of halogens is 2. The van der Waals surface area contributed by atoms with Crippen molar-refractivity contribution in [3.05, 3.63) is 40.4 Å². The molecule has 0 radical (unpaired) electrons. The topological polar surface area (TPSA) is 66.0 Å². The molecule has 128 valence electrons. The SMILES string of the molecule is COc1ccc(OC(=O)Nc2cc(Cl)c(OC)cc2OC)c(Cl)c1. The normalized spacial score (nSPS) is 10.0. The van der Waals surface area contributed by atoms with Gasteiger partial charge in [0.05, 0.1) is 37.1 Å². The van der Waals surface area contributed by atoms with E-state index in [2.05, 4.69) is 5.32 Å². The monoisotopic (exact) mass is 371 g/mol. The van der Waals surface area contributed by atoms with Crippen LogP contribution in [0.3, 0.4) is 0 Å². The van der Waals surface area contributed by atoms with E-state index in [0.717, 1.165) is 0 Å². The summed E-state index contributed by atoms with van der Waals surface area (Å²) < 4.78 is 20.5.